The van der Waals surface area contributed by atoms with Crippen molar-refractivity contribution < 1.29 is 4.79 Å². The van der Waals surface area contributed by atoms with Crippen LogP contribution in [0.3, 0.4) is 0 Å². The van der Waals surface area contributed by atoms with E-state index in [1.165, 1.54) is 32.0 Å². The van der Waals surface area contributed by atoms with Gasteiger partial charge in [-0.15, -0.1) is 0 Å². The summed E-state index contributed by atoms with van der Waals surface area (Å²) in [5.74, 6) is 1.46. The number of carbonyl (C=O) groups is 1. The molecule has 0 aliphatic heterocycles. The van der Waals surface area contributed by atoms with Gasteiger partial charge < -0.3 is 4.79 Å². The van der Waals surface area contributed by atoms with Crippen molar-refractivity contribution in [2.24, 2.45) is 17.3 Å². The van der Waals surface area contributed by atoms with Crippen molar-refractivity contribution in [2.45, 2.75) is 52.9 Å². The van der Waals surface area contributed by atoms with Crippen molar-refractivity contribution >= 4 is 6.29 Å². The monoisotopic (exact) mass is 182 g/mol. The van der Waals surface area contributed by atoms with Crippen LogP contribution in [0, 0.1) is 17.3 Å². The summed E-state index contributed by atoms with van der Waals surface area (Å²) in [6, 6.07) is 0. The molecule has 1 saturated carbocycles. The van der Waals surface area contributed by atoms with Gasteiger partial charge in [-0.1, -0.05) is 33.6 Å². The van der Waals surface area contributed by atoms with Crippen molar-refractivity contribution in [3.8, 4) is 0 Å². The molecule has 1 fully saturated rings. The summed E-state index contributed by atoms with van der Waals surface area (Å²) in [4.78, 5) is 11.1. The Morgan fingerprint density at radius 3 is 2.62 bits per heavy atom. The average molecular weight is 182 g/mol. The fraction of sp³-hybridized carbons (Fsp3) is 0.917. The molecule has 3 unspecified atom stereocenters. The van der Waals surface area contributed by atoms with Crippen LogP contribution in [0.25, 0.3) is 0 Å². The summed E-state index contributed by atoms with van der Waals surface area (Å²) in [6.07, 6.45) is 7.37. The molecule has 76 valence electrons. The third-order valence-corrected chi connectivity index (χ3v) is 3.90. The molecular weight excluding hydrogens is 160 g/mol. The van der Waals surface area contributed by atoms with Gasteiger partial charge in [0.2, 0.25) is 0 Å². The topological polar surface area (TPSA) is 17.1 Å². The number of rotatable bonds is 3. The van der Waals surface area contributed by atoms with Gasteiger partial charge in [-0.25, -0.2) is 0 Å². The molecule has 0 heterocycles. The van der Waals surface area contributed by atoms with Crippen molar-refractivity contribution in [1.82, 2.24) is 0 Å². The van der Waals surface area contributed by atoms with E-state index in [1.807, 2.05) is 0 Å². The summed E-state index contributed by atoms with van der Waals surface area (Å²) in [7, 11) is 0. The first-order chi connectivity index (χ1) is 6.12. The maximum absolute atomic E-state index is 11.1. The van der Waals surface area contributed by atoms with E-state index in [2.05, 4.69) is 20.8 Å². The Bertz CT molecular complexity index is 176. The van der Waals surface area contributed by atoms with E-state index < -0.39 is 0 Å². The lowest BCUT2D eigenvalue weighted by Gasteiger charge is -2.37. The second-order valence-electron chi connectivity index (χ2n) is 4.95. The molecule has 1 aliphatic carbocycles. The van der Waals surface area contributed by atoms with Gasteiger partial charge in [-0.3, -0.25) is 0 Å². The standard InChI is InChI=1S/C12H22O/c1-4-12(3,9-13)11-7-5-6-10(2)8-11/h9-11H,4-8H2,1-3H3. The molecule has 13 heavy (non-hydrogen) atoms. The Balaban J connectivity index is 2.62. The molecule has 1 heteroatoms. The molecule has 1 rings (SSSR count). The second kappa shape index (κ2) is 4.26. The highest BCUT2D eigenvalue weighted by molar-refractivity contribution is 5.59. The third-order valence-electron chi connectivity index (χ3n) is 3.90. The van der Waals surface area contributed by atoms with Crippen LogP contribution in [0.5, 0.6) is 0 Å². The van der Waals surface area contributed by atoms with E-state index in [0.717, 1.165) is 12.3 Å². The van der Waals surface area contributed by atoms with Gasteiger partial charge in [0.15, 0.2) is 0 Å². The molecule has 0 aromatic carbocycles. The SMILES string of the molecule is CCC(C)(C=O)C1CCCC(C)C1. The molecule has 0 aromatic heterocycles. The molecule has 0 saturated heterocycles. The number of hydrogen-bond acceptors (Lipinski definition) is 1. The predicted octanol–water partition coefficient (Wildman–Crippen LogP) is 3.43. The molecule has 0 N–H and O–H groups in total. The van der Waals surface area contributed by atoms with Crippen molar-refractivity contribution in [3.63, 3.8) is 0 Å². The van der Waals surface area contributed by atoms with E-state index in [0.29, 0.717) is 5.92 Å². The van der Waals surface area contributed by atoms with Gasteiger partial charge in [0.05, 0.1) is 0 Å². The Kier molecular flexibility index (Phi) is 3.52. The number of aldehydes is 1. The Hall–Kier alpha value is -0.330. The van der Waals surface area contributed by atoms with Crippen molar-refractivity contribution in [2.75, 3.05) is 0 Å². The summed E-state index contributed by atoms with van der Waals surface area (Å²) in [5, 5.41) is 0. The van der Waals surface area contributed by atoms with Gasteiger partial charge >= 0.3 is 0 Å². The van der Waals surface area contributed by atoms with Crippen LogP contribution < -0.4 is 0 Å². The van der Waals surface area contributed by atoms with Crippen LogP contribution in [0.2, 0.25) is 0 Å². The molecule has 0 amide bonds. The zero-order chi connectivity index (χ0) is 9.90. The smallest absolute Gasteiger partial charge is 0.126 e. The Morgan fingerprint density at radius 1 is 1.46 bits per heavy atom. The van der Waals surface area contributed by atoms with Crippen LogP contribution in [0.15, 0.2) is 0 Å². The maximum Gasteiger partial charge on any atom is 0.126 e. The Labute approximate surface area is 81.9 Å². The van der Waals surface area contributed by atoms with Gasteiger partial charge in [0.25, 0.3) is 0 Å². The quantitative estimate of drug-likeness (QED) is 0.611. The summed E-state index contributed by atoms with van der Waals surface area (Å²) in [5.41, 5.74) is -0.0469. The predicted molar refractivity (Wildman–Crippen MR) is 55.6 cm³/mol. The first-order valence-corrected chi connectivity index (χ1v) is 5.58. The molecule has 3 atom stereocenters. The summed E-state index contributed by atoms with van der Waals surface area (Å²) < 4.78 is 0. The first kappa shape index (κ1) is 10.7. The number of hydrogen-bond donors (Lipinski definition) is 0. The van der Waals surface area contributed by atoms with E-state index in [-0.39, 0.29) is 5.41 Å². The highest BCUT2D eigenvalue weighted by atomic mass is 16.1. The lowest BCUT2D eigenvalue weighted by Crippen LogP contribution is -2.32. The van der Waals surface area contributed by atoms with E-state index in [1.54, 1.807) is 0 Å². The van der Waals surface area contributed by atoms with Gasteiger partial charge in [-0.05, 0) is 31.1 Å². The molecule has 0 bridgehead atoms. The highest BCUT2D eigenvalue weighted by Crippen LogP contribution is 2.41. The van der Waals surface area contributed by atoms with E-state index in [9.17, 15) is 4.79 Å². The van der Waals surface area contributed by atoms with Gasteiger partial charge in [-0.2, -0.15) is 0 Å². The maximum atomic E-state index is 11.1. The van der Waals surface area contributed by atoms with Crippen molar-refractivity contribution in [1.29, 1.82) is 0 Å². The van der Waals surface area contributed by atoms with Gasteiger partial charge in [0.1, 0.15) is 6.29 Å². The zero-order valence-electron chi connectivity index (χ0n) is 9.18. The Morgan fingerprint density at radius 2 is 2.15 bits per heavy atom. The van der Waals surface area contributed by atoms with E-state index in [4.69, 9.17) is 0 Å². The molecular formula is C12H22O. The second-order valence-corrected chi connectivity index (χ2v) is 4.95. The summed E-state index contributed by atoms with van der Waals surface area (Å²) >= 11 is 0. The minimum absolute atomic E-state index is 0.0469. The molecule has 0 aromatic rings. The minimum atomic E-state index is -0.0469. The normalized spacial score (nSPS) is 33.8. The van der Waals surface area contributed by atoms with Crippen LogP contribution in [0.1, 0.15) is 52.9 Å². The lowest BCUT2D eigenvalue weighted by molar-refractivity contribution is -0.119. The fourth-order valence-electron chi connectivity index (χ4n) is 2.50. The highest BCUT2D eigenvalue weighted by Gasteiger charge is 2.34. The van der Waals surface area contributed by atoms with Crippen LogP contribution >= 0.6 is 0 Å². The first-order valence-electron chi connectivity index (χ1n) is 5.58. The van der Waals surface area contributed by atoms with Gasteiger partial charge in [0, 0.05) is 5.41 Å². The van der Waals surface area contributed by atoms with Crippen molar-refractivity contribution in [3.05, 3.63) is 0 Å². The molecule has 1 nitrogen and oxygen atoms in total. The minimum Gasteiger partial charge on any atom is -0.303 e. The summed E-state index contributed by atoms with van der Waals surface area (Å²) in [6.45, 7) is 6.57. The van der Waals surface area contributed by atoms with Crippen LogP contribution in [-0.2, 0) is 4.79 Å². The van der Waals surface area contributed by atoms with Crippen LogP contribution in [0.4, 0.5) is 0 Å². The fourth-order valence-corrected chi connectivity index (χ4v) is 2.50. The number of carbonyl (C=O) groups excluding carboxylic acids is 1. The van der Waals surface area contributed by atoms with Crippen LogP contribution in [-0.4, -0.2) is 6.29 Å². The third kappa shape index (κ3) is 2.32. The lowest BCUT2D eigenvalue weighted by atomic mass is 9.67. The average Bonchev–Trinajstić information content (AvgIpc) is 2.17. The molecule has 0 radical (unpaired) electrons. The van der Waals surface area contributed by atoms with E-state index >= 15 is 0 Å². The zero-order valence-corrected chi connectivity index (χ0v) is 9.18. The molecule has 1 aliphatic rings. The molecule has 0 spiro atoms. The largest absolute Gasteiger partial charge is 0.303 e.